The van der Waals surface area contributed by atoms with Crippen LogP contribution < -0.4 is 10.6 Å². The molecule has 0 saturated carbocycles. The fourth-order valence-electron chi connectivity index (χ4n) is 10.8. The van der Waals surface area contributed by atoms with Crippen LogP contribution in [0.3, 0.4) is 0 Å². The number of aliphatic hydroxyl groups is 4. The van der Waals surface area contributed by atoms with Crippen LogP contribution in [-0.2, 0) is 38.1 Å². The number of amides is 2. The highest BCUT2D eigenvalue weighted by molar-refractivity contribution is 9.29. The number of carbonyl (C=O) groups excluding carboxylic acids is 4. The normalized spacial score (nSPS) is 26.9. The Morgan fingerprint density at radius 2 is 0.922 bits per heavy atom. The monoisotopic (exact) mass is 1970 g/mol. The Bertz CT molecular complexity index is 2600. The van der Waals surface area contributed by atoms with Gasteiger partial charge < -0.3 is 50.0 Å². The molecule has 4 heterocycles. The van der Waals surface area contributed by atoms with Gasteiger partial charge in [-0.25, -0.2) is 0 Å². The van der Waals surface area contributed by atoms with Crippen molar-refractivity contribution in [3.8, 4) is 0 Å². The second-order valence-electron chi connectivity index (χ2n) is 26.0. The van der Waals surface area contributed by atoms with Gasteiger partial charge in [-0.1, -0.05) is 129 Å². The van der Waals surface area contributed by atoms with Gasteiger partial charge in [0.15, 0.2) is 0 Å². The van der Waals surface area contributed by atoms with Crippen LogP contribution in [0.25, 0.3) is 0 Å². The summed E-state index contributed by atoms with van der Waals surface area (Å²) in [5.41, 5.74) is 0.113. The molecule has 0 radical (unpaired) electrons. The number of esters is 2. The predicted octanol–water partition coefficient (Wildman–Crippen LogP) is 25.7. The Kier molecular flexibility index (Phi) is 65.6. The fraction of sp³-hybridized carbons (Fsp3) is 0.700. The average Bonchev–Trinajstić information content (AvgIpc) is 1.66. The standard InChI is InChI=1S/C29H47NO6.C19H29NO3.C12H22O3.H17P15.H16P14/c1-7-24(32)21(4)28-25(36-28)18-29(6,34)17-11-12-19(2)27-20(3)15-16-23(35-22(5)31)13-9-8-10-14-26(33)30-27;1-5-9-14(2)19-15(3)12-13-17(23-16(4)21)10-7-6-8-11-18(22)20-19;1-5-9(13)8(3)11-10(15-11)7-12(4,14)6-2;1-9-13(8)15(12(6)7)14(10(2)3)11(4)5;1-9(2)13(10(3)4)14(11(5)6)12(7)8/h11-12,15-17,20-21,23-25,27-28,32,34H,7-10,13-14,18H2,1-6H3,(H,30,33);5,9,12-13,15,17,19H,1,6-8,10-11H2,2-4H3,(H,20,22);6,8-11,13-14H,2,5,7H2,1,3-4H3;9H,1-8H2;1-8H2/b16-15+,17-11+,19-12+;13-12+,14-9+;;;/t20-,21+,23?,24-,25+,27+,28+,29-;15-,17?,19+;8-,9+,10-,11-,12+;;/m001../s1. The van der Waals surface area contributed by atoms with Crippen molar-refractivity contribution in [2.75, 3.05) is 0 Å². The van der Waals surface area contributed by atoms with E-state index in [1.54, 1.807) is 26.0 Å². The van der Waals surface area contributed by atoms with Gasteiger partial charge in [0.05, 0.1) is 59.9 Å². The van der Waals surface area contributed by atoms with Gasteiger partial charge in [-0.05, 0) is 187 Å². The van der Waals surface area contributed by atoms with Crippen molar-refractivity contribution >= 4 is 258 Å². The van der Waals surface area contributed by atoms with Crippen LogP contribution in [0, 0.1) is 23.7 Å². The van der Waals surface area contributed by atoms with Crippen molar-refractivity contribution in [3.05, 3.63) is 85.1 Å². The van der Waals surface area contributed by atoms with Crippen molar-refractivity contribution in [2.45, 2.75) is 245 Å². The van der Waals surface area contributed by atoms with E-state index in [1.807, 2.05) is 91.0 Å². The molecule has 43 heteroatoms. The van der Waals surface area contributed by atoms with Crippen LogP contribution in [-0.4, -0.2) is 116 Å². The molecule has 6 N–H and O–H groups in total. The van der Waals surface area contributed by atoms with E-state index in [1.165, 1.54) is 19.9 Å². The Labute approximate surface area is 675 Å². The van der Waals surface area contributed by atoms with E-state index >= 15 is 0 Å². The van der Waals surface area contributed by atoms with E-state index in [2.05, 4.69) is 174 Å². The summed E-state index contributed by atoms with van der Waals surface area (Å²) in [7, 11) is 50.0. The first-order chi connectivity index (χ1) is 47.9. The summed E-state index contributed by atoms with van der Waals surface area (Å²) in [6.45, 7) is 31.2. The second-order valence-corrected chi connectivity index (χ2v) is 135. The highest BCUT2D eigenvalue weighted by atomic mass is 33.3. The summed E-state index contributed by atoms with van der Waals surface area (Å²) in [5.74, 6) is -0.155. The zero-order valence-corrected chi connectivity index (χ0v) is 92.5. The number of carbonyl (C=O) groups is 4. The van der Waals surface area contributed by atoms with Crippen molar-refractivity contribution < 1.29 is 58.6 Å². The molecule has 598 valence electrons. The SMILES string of the molecule is C=C/C=C(\C)[C@H]1NC(=O)CCCCCC(OC(C)=O)/C=C/[C@@H]1C.C=C[C@](C)(O)C[C@H]1O[C@@H]1[C@H](C)[C@@H](O)CC.CC[C@H](O)[C@@H](C)[C@H]1O[C@@H]1C[C@@](C)(O)/C=C/C=C(\C)[C@H]1NC(=O)CCCCCC(OC(C)=O)/C=C/[C@@H]1C.PP(P)P(P(P)P)P(P(P)P)P(P)P.PPP(P)P(P(P)P)P(P(P)P)P(P)P. The molecule has 0 bridgehead atoms. The molecule has 2 amide bonds. The number of nitrogens with one attached hydrogen (secondary N) is 2. The molecule has 21 unspecified atom stereocenters. The minimum atomic E-state index is -1.05. The summed E-state index contributed by atoms with van der Waals surface area (Å²) < 4.78 is 22.0. The Hall–Kier alpha value is 8.29. The van der Waals surface area contributed by atoms with Crippen LogP contribution in [0.2, 0.25) is 0 Å². The van der Waals surface area contributed by atoms with Gasteiger partial charge in [0.2, 0.25) is 11.8 Å². The van der Waals surface area contributed by atoms with E-state index in [0.29, 0.717) is 32.1 Å². The number of hydrogen-bond acceptors (Lipinski definition) is 12. The largest absolute Gasteiger partial charge is 0.458 e. The molecular formula is C60H131N2O12P29. The maximum absolute atomic E-state index is 12.6. The van der Waals surface area contributed by atoms with Gasteiger partial charge in [-0.3, -0.25) is 19.2 Å². The molecule has 2 saturated heterocycles. The molecule has 0 spiro atoms. The second kappa shape index (κ2) is 60.7. The molecule has 0 aromatic heterocycles. The van der Waals surface area contributed by atoms with E-state index < -0.39 is 17.3 Å². The number of epoxide rings is 2. The van der Waals surface area contributed by atoms with Gasteiger partial charge in [0.25, 0.3) is 0 Å². The molecule has 4 rings (SSSR count). The first kappa shape index (κ1) is 111. The van der Waals surface area contributed by atoms with Crippen molar-refractivity contribution in [2.24, 2.45) is 23.7 Å². The number of aliphatic hydroxyl groups excluding tert-OH is 2. The highest BCUT2D eigenvalue weighted by Gasteiger charge is 2.48. The minimum absolute atomic E-state index is 0.0105. The van der Waals surface area contributed by atoms with Gasteiger partial charge in [-0.2, -0.15) is 0 Å². The Balaban J connectivity index is 0.00000134. The van der Waals surface area contributed by atoms with Gasteiger partial charge in [0, 0.05) is 51.4 Å². The molecule has 103 heavy (non-hydrogen) atoms. The van der Waals surface area contributed by atoms with E-state index in [9.17, 15) is 39.6 Å². The molecule has 4 aliphatic rings. The molecule has 14 nitrogen and oxygen atoms in total. The summed E-state index contributed by atoms with van der Waals surface area (Å²) in [5, 5.41) is 46.6. The van der Waals surface area contributed by atoms with Gasteiger partial charge in [0.1, 0.15) is 12.2 Å². The Morgan fingerprint density at radius 3 is 1.23 bits per heavy atom. The van der Waals surface area contributed by atoms with E-state index in [4.69, 9.17) is 18.9 Å². The lowest BCUT2D eigenvalue weighted by molar-refractivity contribution is -0.145. The van der Waals surface area contributed by atoms with Crippen LogP contribution in [0.15, 0.2) is 85.1 Å². The highest BCUT2D eigenvalue weighted by Crippen LogP contribution is 3.23. The molecule has 0 aliphatic carbocycles. The predicted molar refractivity (Wildman–Crippen MR) is 540 cm³/mol. The quantitative estimate of drug-likeness (QED) is 0.0136. The zero-order chi connectivity index (χ0) is 79.4. The number of rotatable bonds is 29. The maximum atomic E-state index is 12.6. The maximum Gasteiger partial charge on any atom is 0.303 e. The number of allylic oxidation sites excluding steroid dienone is 4. The lowest BCUT2D eigenvalue weighted by Gasteiger charge is -2.38. The fourth-order valence-corrected chi connectivity index (χ4v) is 314. The molecule has 0 aromatic rings. The number of hydrogen-bond donors (Lipinski definition) is 6. The molecule has 4 aliphatic heterocycles. The molecule has 0 aromatic carbocycles. The zero-order valence-electron chi connectivity index (χ0n) is 62.3. The van der Waals surface area contributed by atoms with Crippen molar-refractivity contribution in [1.82, 2.24) is 10.6 Å². The van der Waals surface area contributed by atoms with Gasteiger partial charge >= 0.3 is 11.9 Å². The topological polar surface area (TPSA) is 217 Å². The lowest BCUT2D eigenvalue weighted by atomic mass is 9.91. The van der Waals surface area contributed by atoms with E-state index in [-0.39, 0.29) is 186 Å². The Morgan fingerprint density at radius 1 is 0.583 bits per heavy atom. The van der Waals surface area contributed by atoms with Crippen LogP contribution in [0.4, 0.5) is 0 Å². The summed E-state index contributed by atoms with van der Waals surface area (Å²) in [6.07, 6.45) is 27.9. The number of ether oxygens (including phenoxy) is 4. The third kappa shape index (κ3) is 48.5. The third-order valence-electron chi connectivity index (χ3n) is 16.6. The van der Waals surface area contributed by atoms with Gasteiger partial charge in [-0.15, -0.1) is 149 Å². The van der Waals surface area contributed by atoms with Crippen molar-refractivity contribution in [1.29, 1.82) is 0 Å². The van der Waals surface area contributed by atoms with Crippen LogP contribution in [0.5, 0.6) is 0 Å². The van der Waals surface area contributed by atoms with Crippen LogP contribution >= 0.6 is 235 Å². The third-order valence-corrected chi connectivity index (χ3v) is 184. The van der Waals surface area contributed by atoms with Crippen molar-refractivity contribution in [3.63, 3.8) is 0 Å². The smallest absolute Gasteiger partial charge is 0.303 e. The van der Waals surface area contributed by atoms with E-state index in [0.717, 1.165) is 76.9 Å². The summed E-state index contributed by atoms with van der Waals surface area (Å²) in [4.78, 5) is 47.4. The first-order valence-corrected chi connectivity index (χ1v) is 84.9. The molecular weight excluding hydrogens is 1840 g/mol. The average molecular weight is 1970 g/mol. The lowest BCUT2D eigenvalue weighted by Crippen LogP contribution is -2.40. The molecule has 35 atom stereocenters. The minimum Gasteiger partial charge on any atom is -0.458 e. The first-order valence-electron chi connectivity index (χ1n) is 33.9. The summed E-state index contributed by atoms with van der Waals surface area (Å²) >= 11 is 0. The van der Waals surface area contributed by atoms with Crippen LogP contribution in [0.1, 0.15) is 173 Å². The summed E-state index contributed by atoms with van der Waals surface area (Å²) in [6, 6.07) is -0.289. The molecule has 2 fully saturated rings.